The van der Waals surface area contributed by atoms with E-state index in [9.17, 15) is 0 Å². The van der Waals surface area contributed by atoms with Crippen LogP contribution in [-0.4, -0.2) is 0 Å². The molecule has 0 aromatic heterocycles. The highest BCUT2D eigenvalue weighted by Crippen LogP contribution is 2.73. The van der Waals surface area contributed by atoms with E-state index in [1.807, 2.05) is 0 Å². The van der Waals surface area contributed by atoms with E-state index in [2.05, 4.69) is 50.3 Å². The largest absolute Gasteiger partial charge is 0.0876 e. The average molecular weight is 212 g/mol. The van der Waals surface area contributed by atoms with Gasteiger partial charge in [0.25, 0.3) is 0 Å². The van der Waals surface area contributed by atoms with Crippen molar-refractivity contribution in [3.05, 3.63) is 36.5 Å². The lowest BCUT2D eigenvalue weighted by molar-refractivity contribution is -0.103. The Hall–Kier alpha value is -0.780. The highest BCUT2D eigenvalue weighted by Gasteiger charge is 2.67. The molecule has 84 valence electrons. The molecule has 6 atom stereocenters. The van der Waals surface area contributed by atoms with Crippen molar-refractivity contribution in [1.29, 1.82) is 0 Å². The molecule has 0 aromatic rings. The summed E-state index contributed by atoms with van der Waals surface area (Å²) in [5.41, 5.74) is 1.01. The third kappa shape index (κ3) is 0.697. The second kappa shape index (κ2) is 2.55. The molecule has 1 fully saturated rings. The minimum absolute atomic E-state index is 0.507. The SMILES string of the molecule is C[C@@H]1[C@H](C)[C@H]2C=C[C@@H]1[C@@]13C=C[C@@]21CC=CC3. The van der Waals surface area contributed by atoms with E-state index >= 15 is 0 Å². The van der Waals surface area contributed by atoms with Gasteiger partial charge >= 0.3 is 0 Å². The van der Waals surface area contributed by atoms with E-state index in [0.717, 1.165) is 23.7 Å². The Bertz CT molecular complexity index is 387. The van der Waals surface area contributed by atoms with Crippen LogP contribution in [0.2, 0.25) is 0 Å². The molecular weight excluding hydrogens is 192 g/mol. The van der Waals surface area contributed by atoms with Gasteiger partial charge in [0.15, 0.2) is 0 Å². The van der Waals surface area contributed by atoms with E-state index in [1.165, 1.54) is 12.8 Å². The zero-order chi connectivity index (χ0) is 11.0. The highest BCUT2D eigenvalue weighted by molar-refractivity contribution is 5.42. The van der Waals surface area contributed by atoms with Crippen molar-refractivity contribution in [1.82, 2.24) is 0 Å². The fourth-order valence-corrected chi connectivity index (χ4v) is 5.22. The summed E-state index contributed by atoms with van der Waals surface area (Å²) in [4.78, 5) is 0. The lowest BCUT2D eigenvalue weighted by Crippen LogP contribution is -2.64. The van der Waals surface area contributed by atoms with Gasteiger partial charge in [-0.1, -0.05) is 50.3 Å². The summed E-state index contributed by atoms with van der Waals surface area (Å²) < 4.78 is 0. The molecular formula is C16H20. The average Bonchev–Trinajstić information content (AvgIpc) is 2.27. The lowest BCUT2D eigenvalue weighted by Gasteiger charge is -2.70. The highest BCUT2D eigenvalue weighted by atomic mass is 14.7. The minimum atomic E-state index is 0.507. The Morgan fingerprint density at radius 1 is 0.812 bits per heavy atom. The van der Waals surface area contributed by atoms with E-state index in [1.54, 1.807) is 0 Å². The lowest BCUT2D eigenvalue weighted by atomic mass is 9.33. The van der Waals surface area contributed by atoms with Gasteiger partial charge in [0.05, 0.1) is 0 Å². The van der Waals surface area contributed by atoms with Crippen LogP contribution in [0.5, 0.6) is 0 Å². The number of hydrogen-bond acceptors (Lipinski definition) is 0. The van der Waals surface area contributed by atoms with Crippen LogP contribution in [0.15, 0.2) is 36.5 Å². The van der Waals surface area contributed by atoms with E-state index in [0.29, 0.717) is 10.8 Å². The molecule has 0 heterocycles. The van der Waals surface area contributed by atoms with Gasteiger partial charge in [-0.3, -0.25) is 0 Å². The molecule has 0 heteroatoms. The van der Waals surface area contributed by atoms with Crippen molar-refractivity contribution in [2.45, 2.75) is 26.7 Å². The molecule has 0 unspecified atom stereocenters. The standard InChI is InChI=1S/C16H20/c1-11-12(2)14-6-5-13(11)15-7-3-4-8-16(14,15)10-9-15/h3-6,9-14H,7-8H2,1-2H3/t11-,12+,13+,14-,15-,16+. The summed E-state index contributed by atoms with van der Waals surface area (Å²) in [6.07, 6.45) is 17.6. The second-order valence-corrected chi connectivity index (χ2v) is 6.45. The molecule has 5 rings (SSSR count). The maximum Gasteiger partial charge on any atom is 0.00813 e. The van der Waals surface area contributed by atoms with Crippen LogP contribution in [0.3, 0.4) is 0 Å². The summed E-state index contributed by atoms with van der Waals surface area (Å²) in [5.74, 6) is 3.31. The third-order valence-corrected chi connectivity index (χ3v) is 6.30. The molecule has 0 radical (unpaired) electrons. The number of rotatable bonds is 0. The smallest absolute Gasteiger partial charge is 0.00813 e. The number of hydrogen-bond donors (Lipinski definition) is 0. The molecule has 0 N–H and O–H groups in total. The molecule has 0 spiro atoms. The van der Waals surface area contributed by atoms with Crippen LogP contribution in [0.4, 0.5) is 0 Å². The summed E-state index contributed by atoms with van der Waals surface area (Å²) in [5, 5.41) is 0. The predicted molar refractivity (Wildman–Crippen MR) is 66.8 cm³/mol. The molecule has 1 saturated carbocycles. The molecule has 0 aliphatic heterocycles. The van der Waals surface area contributed by atoms with Crippen molar-refractivity contribution < 1.29 is 0 Å². The van der Waals surface area contributed by atoms with Crippen molar-refractivity contribution in [3.63, 3.8) is 0 Å². The Labute approximate surface area is 98.1 Å². The summed E-state index contributed by atoms with van der Waals surface area (Å²) in [7, 11) is 0. The Kier molecular flexibility index (Phi) is 1.48. The summed E-state index contributed by atoms with van der Waals surface area (Å²) in [6, 6.07) is 0. The minimum Gasteiger partial charge on any atom is -0.0876 e. The van der Waals surface area contributed by atoms with Crippen molar-refractivity contribution in [2.75, 3.05) is 0 Å². The van der Waals surface area contributed by atoms with Crippen LogP contribution in [0, 0.1) is 34.5 Å². The molecule has 2 bridgehead atoms. The number of fused-ring (bicyclic) bond motifs is 1. The summed E-state index contributed by atoms with van der Waals surface area (Å²) in [6.45, 7) is 4.93. The molecule has 16 heavy (non-hydrogen) atoms. The fourth-order valence-electron chi connectivity index (χ4n) is 5.22. The van der Waals surface area contributed by atoms with Crippen molar-refractivity contribution in [3.8, 4) is 0 Å². The van der Waals surface area contributed by atoms with Crippen molar-refractivity contribution >= 4 is 0 Å². The topological polar surface area (TPSA) is 0 Å². The Morgan fingerprint density at radius 3 is 1.62 bits per heavy atom. The summed E-state index contributed by atoms with van der Waals surface area (Å²) >= 11 is 0. The molecule has 5 aliphatic carbocycles. The van der Waals surface area contributed by atoms with Crippen LogP contribution >= 0.6 is 0 Å². The van der Waals surface area contributed by atoms with E-state index in [-0.39, 0.29) is 0 Å². The monoisotopic (exact) mass is 212 g/mol. The third-order valence-electron chi connectivity index (χ3n) is 6.30. The van der Waals surface area contributed by atoms with Crippen LogP contribution in [0.1, 0.15) is 26.7 Å². The molecule has 0 aromatic carbocycles. The van der Waals surface area contributed by atoms with Crippen LogP contribution in [0.25, 0.3) is 0 Å². The first-order valence-electron chi connectivity index (χ1n) is 6.75. The van der Waals surface area contributed by atoms with Gasteiger partial charge in [0, 0.05) is 10.8 Å². The van der Waals surface area contributed by atoms with Gasteiger partial charge in [-0.05, 0) is 36.5 Å². The van der Waals surface area contributed by atoms with Crippen LogP contribution < -0.4 is 0 Å². The van der Waals surface area contributed by atoms with E-state index < -0.39 is 0 Å². The van der Waals surface area contributed by atoms with Crippen molar-refractivity contribution in [2.24, 2.45) is 34.5 Å². The number of allylic oxidation sites excluding steroid dienone is 6. The maximum absolute atomic E-state index is 2.54. The zero-order valence-electron chi connectivity index (χ0n) is 10.2. The Morgan fingerprint density at radius 2 is 1.25 bits per heavy atom. The zero-order valence-corrected chi connectivity index (χ0v) is 10.2. The quantitative estimate of drug-likeness (QED) is 0.533. The van der Waals surface area contributed by atoms with E-state index in [4.69, 9.17) is 0 Å². The fraction of sp³-hybridized carbons (Fsp3) is 0.625. The normalized spacial score (nSPS) is 60.4. The predicted octanol–water partition coefficient (Wildman–Crippen LogP) is 3.97. The van der Waals surface area contributed by atoms with Gasteiger partial charge in [-0.2, -0.15) is 0 Å². The first-order valence-corrected chi connectivity index (χ1v) is 6.75. The van der Waals surface area contributed by atoms with Crippen LogP contribution in [-0.2, 0) is 0 Å². The maximum atomic E-state index is 2.54. The first kappa shape index (κ1) is 9.27. The van der Waals surface area contributed by atoms with Gasteiger partial charge in [-0.15, -0.1) is 0 Å². The molecule has 0 saturated heterocycles. The Balaban J connectivity index is 1.94. The molecule has 0 amide bonds. The second-order valence-electron chi connectivity index (χ2n) is 6.45. The van der Waals surface area contributed by atoms with Gasteiger partial charge in [0.2, 0.25) is 0 Å². The van der Waals surface area contributed by atoms with Gasteiger partial charge in [0.1, 0.15) is 0 Å². The molecule has 0 nitrogen and oxygen atoms in total. The van der Waals surface area contributed by atoms with Gasteiger partial charge in [-0.25, -0.2) is 0 Å². The first-order chi connectivity index (χ1) is 7.71. The van der Waals surface area contributed by atoms with Gasteiger partial charge < -0.3 is 0 Å². The molecule has 5 aliphatic rings.